The van der Waals surface area contributed by atoms with Crippen LogP contribution in [0.15, 0.2) is 60.8 Å². The quantitative estimate of drug-likeness (QED) is 0.0195. The average Bonchev–Trinajstić information content (AvgIpc) is 3.27. The summed E-state index contributed by atoms with van der Waals surface area (Å²) in [5.41, 5.74) is 0. The molecule has 0 aliphatic rings. The van der Waals surface area contributed by atoms with Crippen molar-refractivity contribution in [2.24, 2.45) is 0 Å². The maximum Gasteiger partial charge on any atom is 0.306 e. The molecule has 10 heteroatoms. The standard InChI is InChI=1S/C56H102NO8P/c1-6-8-10-12-14-16-18-20-22-23-24-25-26-27-28-29-30-31-32-33-35-36-38-40-42-44-46-48-55(58)62-52-54(53-64-66(60,61)63-51-50-57(3,4)5)65-56(59)49-47-45-43-41-39-37-34-21-19-17-15-13-11-9-7-2/h9,11,15,17-18,20-21,23-24,34,54H,6-8,10,12-14,16,19,22,25-33,35-53H2,1-5H3/b11-9-,17-15-,20-18-,24-23-,34-21-. The number of likely N-dealkylation sites (N-methyl/N-ethyl adjacent to an activating group) is 1. The Balaban J connectivity index is 4.14. The van der Waals surface area contributed by atoms with Gasteiger partial charge in [0.05, 0.1) is 27.7 Å². The summed E-state index contributed by atoms with van der Waals surface area (Å²) in [6, 6.07) is 0. The molecular formula is C56H102NO8P. The molecule has 0 aliphatic carbocycles. The number of phosphoric ester groups is 1. The largest absolute Gasteiger partial charge is 0.756 e. The Hall–Kier alpha value is -2.29. The SMILES string of the molecule is CC/C=C\C/C=C\C/C=C\CCCCCCCC(=O)OC(COC(=O)CCCCCCCCCCCCCCCCC/C=C\C/C=C\CCCCCCC)COP(=O)([O-])OCC[N+](C)(C)C. The lowest BCUT2D eigenvalue weighted by Gasteiger charge is -2.28. The molecule has 0 heterocycles. The van der Waals surface area contributed by atoms with Gasteiger partial charge < -0.3 is 27.9 Å². The molecule has 0 fully saturated rings. The van der Waals surface area contributed by atoms with E-state index >= 15 is 0 Å². The molecule has 2 atom stereocenters. The minimum Gasteiger partial charge on any atom is -0.756 e. The van der Waals surface area contributed by atoms with Gasteiger partial charge in [-0.3, -0.25) is 14.2 Å². The summed E-state index contributed by atoms with van der Waals surface area (Å²) in [4.78, 5) is 37.7. The predicted molar refractivity (Wildman–Crippen MR) is 277 cm³/mol. The van der Waals surface area contributed by atoms with E-state index in [2.05, 4.69) is 74.6 Å². The van der Waals surface area contributed by atoms with Crippen LogP contribution in [0.25, 0.3) is 0 Å². The molecule has 0 rings (SSSR count). The molecule has 66 heavy (non-hydrogen) atoms. The number of carbonyl (C=O) groups excluding carboxylic acids is 2. The predicted octanol–water partition coefficient (Wildman–Crippen LogP) is 15.7. The zero-order chi connectivity index (χ0) is 48.5. The summed E-state index contributed by atoms with van der Waals surface area (Å²) in [5, 5.41) is 0. The van der Waals surface area contributed by atoms with Crippen LogP contribution in [-0.4, -0.2) is 70.0 Å². The van der Waals surface area contributed by atoms with Crippen molar-refractivity contribution in [2.45, 2.75) is 238 Å². The van der Waals surface area contributed by atoms with Gasteiger partial charge in [0.15, 0.2) is 6.10 Å². The normalized spacial score (nSPS) is 13.8. The smallest absolute Gasteiger partial charge is 0.306 e. The number of quaternary nitrogens is 1. The highest BCUT2D eigenvalue weighted by atomic mass is 31.2. The number of allylic oxidation sites excluding steroid dienone is 10. The molecule has 0 aliphatic heterocycles. The number of ether oxygens (including phenoxy) is 2. The maximum absolute atomic E-state index is 12.7. The van der Waals surface area contributed by atoms with E-state index in [4.69, 9.17) is 18.5 Å². The molecule has 0 radical (unpaired) electrons. The van der Waals surface area contributed by atoms with E-state index in [9.17, 15) is 19.0 Å². The van der Waals surface area contributed by atoms with E-state index in [-0.39, 0.29) is 32.0 Å². The first-order valence-electron chi connectivity index (χ1n) is 27.0. The molecule has 0 saturated heterocycles. The number of nitrogens with zero attached hydrogens (tertiary/aromatic N) is 1. The molecule has 0 aromatic carbocycles. The minimum atomic E-state index is -4.64. The number of hydrogen-bond donors (Lipinski definition) is 0. The van der Waals surface area contributed by atoms with Crippen molar-refractivity contribution in [3.05, 3.63) is 60.8 Å². The van der Waals surface area contributed by atoms with Crippen LogP contribution in [0.2, 0.25) is 0 Å². The Kier molecular flexibility index (Phi) is 46.1. The van der Waals surface area contributed by atoms with E-state index in [0.29, 0.717) is 17.4 Å². The Bertz CT molecular complexity index is 1300. The highest BCUT2D eigenvalue weighted by molar-refractivity contribution is 7.45. The van der Waals surface area contributed by atoms with Gasteiger partial charge in [0.25, 0.3) is 7.82 Å². The summed E-state index contributed by atoms with van der Waals surface area (Å²) < 4.78 is 34.0. The van der Waals surface area contributed by atoms with Crippen molar-refractivity contribution in [1.29, 1.82) is 0 Å². The number of esters is 2. The maximum atomic E-state index is 12.7. The molecule has 0 N–H and O–H groups in total. The number of carbonyl (C=O) groups is 2. The van der Waals surface area contributed by atoms with Crippen molar-refractivity contribution in [3.63, 3.8) is 0 Å². The Labute approximate surface area is 406 Å². The van der Waals surface area contributed by atoms with E-state index in [1.165, 1.54) is 122 Å². The second-order valence-corrected chi connectivity index (χ2v) is 20.6. The fraction of sp³-hybridized carbons (Fsp3) is 0.786. The zero-order valence-corrected chi connectivity index (χ0v) is 44.3. The fourth-order valence-electron chi connectivity index (χ4n) is 7.35. The average molecular weight is 948 g/mol. The molecule has 0 aromatic heterocycles. The number of phosphoric acid groups is 1. The fourth-order valence-corrected chi connectivity index (χ4v) is 8.08. The van der Waals surface area contributed by atoms with Crippen LogP contribution in [0.4, 0.5) is 0 Å². The zero-order valence-electron chi connectivity index (χ0n) is 43.4. The molecule has 0 spiro atoms. The first-order valence-corrected chi connectivity index (χ1v) is 28.5. The first-order chi connectivity index (χ1) is 32.0. The Morgan fingerprint density at radius 3 is 1.29 bits per heavy atom. The van der Waals surface area contributed by atoms with Crippen LogP contribution in [0.1, 0.15) is 232 Å². The molecule has 384 valence electrons. The van der Waals surface area contributed by atoms with Gasteiger partial charge in [-0.15, -0.1) is 0 Å². The summed E-state index contributed by atoms with van der Waals surface area (Å²) >= 11 is 0. The number of rotatable bonds is 49. The third kappa shape index (κ3) is 51.1. The van der Waals surface area contributed by atoms with Crippen LogP contribution < -0.4 is 4.89 Å². The van der Waals surface area contributed by atoms with Crippen LogP contribution >= 0.6 is 7.82 Å². The van der Waals surface area contributed by atoms with Crippen LogP contribution in [-0.2, 0) is 32.7 Å². The first kappa shape index (κ1) is 63.7. The summed E-state index contributed by atoms with van der Waals surface area (Å²) in [5.74, 6) is -0.851. The van der Waals surface area contributed by atoms with Crippen molar-refractivity contribution < 1.29 is 42.1 Å². The topological polar surface area (TPSA) is 111 Å². The molecular weight excluding hydrogens is 846 g/mol. The Morgan fingerprint density at radius 2 is 0.864 bits per heavy atom. The van der Waals surface area contributed by atoms with Gasteiger partial charge >= 0.3 is 11.9 Å². The van der Waals surface area contributed by atoms with Crippen LogP contribution in [0.3, 0.4) is 0 Å². The van der Waals surface area contributed by atoms with E-state index in [1.807, 2.05) is 21.1 Å². The molecule has 0 aromatic rings. The monoisotopic (exact) mass is 948 g/mol. The highest BCUT2D eigenvalue weighted by Gasteiger charge is 2.21. The van der Waals surface area contributed by atoms with Crippen molar-refractivity contribution >= 4 is 19.8 Å². The third-order valence-electron chi connectivity index (χ3n) is 11.5. The number of unbranched alkanes of at least 4 members (excludes halogenated alkanes) is 25. The van der Waals surface area contributed by atoms with E-state index in [1.54, 1.807) is 0 Å². The van der Waals surface area contributed by atoms with Crippen LogP contribution in [0, 0.1) is 0 Å². The van der Waals surface area contributed by atoms with Crippen molar-refractivity contribution in [1.82, 2.24) is 0 Å². The van der Waals surface area contributed by atoms with Crippen molar-refractivity contribution in [2.75, 3.05) is 47.5 Å². The van der Waals surface area contributed by atoms with E-state index in [0.717, 1.165) is 77.0 Å². The number of hydrogen-bond acceptors (Lipinski definition) is 8. The molecule has 9 nitrogen and oxygen atoms in total. The molecule has 0 amide bonds. The second kappa shape index (κ2) is 47.8. The third-order valence-corrected chi connectivity index (χ3v) is 12.5. The van der Waals surface area contributed by atoms with Gasteiger partial charge in [-0.1, -0.05) is 203 Å². The van der Waals surface area contributed by atoms with Gasteiger partial charge in [-0.2, -0.15) is 0 Å². The van der Waals surface area contributed by atoms with Gasteiger partial charge in [0.1, 0.15) is 19.8 Å². The van der Waals surface area contributed by atoms with Crippen molar-refractivity contribution in [3.8, 4) is 0 Å². The van der Waals surface area contributed by atoms with Gasteiger partial charge in [0.2, 0.25) is 0 Å². The molecule has 2 unspecified atom stereocenters. The Morgan fingerprint density at radius 1 is 0.485 bits per heavy atom. The van der Waals surface area contributed by atoms with E-state index < -0.39 is 26.5 Å². The lowest BCUT2D eigenvalue weighted by molar-refractivity contribution is -0.870. The van der Waals surface area contributed by atoms with Gasteiger partial charge in [0, 0.05) is 12.8 Å². The lowest BCUT2D eigenvalue weighted by atomic mass is 10.0. The highest BCUT2D eigenvalue weighted by Crippen LogP contribution is 2.38. The lowest BCUT2D eigenvalue weighted by Crippen LogP contribution is -2.37. The minimum absolute atomic E-state index is 0.0359. The summed E-state index contributed by atoms with van der Waals surface area (Å²) in [6.07, 6.45) is 59.8. The molecule has 0 bridgehead atoms. The molecule has 0 saturated carbocycles. The van der Waals surface area contributed by atoms with Crippen LogP contribution in [0.5, 0.6) is 0 Å². The van der Waals surface area contributed by atoms with Gasteiger partial charge in [-0.05, 0) is 77.0 Å². The second-order valence-electron chi connectivity index (χ2n) is 19.2. The summed E-state index contributed by atoms with van der Waals surface area (Å²) in [6.45, 7) is 4.10. The van der Waals surface area contributed by atoms with Gasteiger partial charge in [-0.25, -0.2) is 0 Å². The summed E-state index contributed by atoms with van der Waals surface area (Å²) in [7, 11) is 1.15.